The van der Waals surface area contributed by atoms with E-state index in [1.807, 2.05) is 4.90 Å². The van der Waals surface area contributed by atoms with Crippen LogP contribution in [0.5, 0.6) is 0 Å². The molecular weight excluding hydrogens is 432 g/mol. The van der Waals surface area contributed by atoms with E-state index >= 15 is 0 Å². The molecule has 168 valence electrons. The van der Waals surface area contributed by atoms with Crippen molar-refractivity contribution in [2.75, 3.05) is 45.7 Å². The quantitative estimate of drug-likeness (QED) is 0.514. The molecule has 0 amide bonds. The Hall–Kier alpha value is -2.17. The second-order valence-corrected chi connectivity index (χ2v) is 8.84. The molecule has 0 saturated carbocycles. The lowest BCUT2D eigenvalue weighted by Crippen LogP contribution is -2.53. The number of methoxy groups -OCH3 is 1. The molecule has 1 saturated heterocycles. The fourth-order valence-corrected chi connectivity index (χ4v) is 4.88. The van der Waals surface area contributed by atoms with Gasteiger partial charge in [0.05, 0.1) is 16.9 Å². The molecule has 2 aliphatic rings. The van der Waals surface area contributed by atoms with E-state index in [1.54, 1.807) is 13.2 Å². The number of nitrogens with zero attached hydrogens (tertiary/aromatic N) is 3. The summed E-state index contributed by atoms with van der Waals surface area (Å²) in [5.74, 6) is 0.0151. The Labute approximate surface area is 182 Å². The first-order valence-electron chi connectivity index (χ1n) is 10.1. The number of aliphatic imine (C=N–C) groups is 1. The summed E-state index contributed by atoms with van der Waals surface area (Å²) in [4.78, 5) is 8.31. The van der Waals surface area contributed by atoms with Gasteiger partial charge in [-0.15, -0.1) is 11.3 Å². The molecule has 1 N–H and O–H groups in total. The zero-order chi connectivity index (χ0) is 22.2. The van der Waals surface area contributed by atoms with Gasteiger partial charge < -0.3 is 15.0 Å². The summed E-state index contributed by atoms with van der Waals surface area (Å²) in [6, 6.07) is 5.49. The van der Waals surface area contributed by atoms with Crippen molar-refractivity contribution in [3.8, 4) is 0 Å². The van der Waals surface area contributed by atoms with Gasteiger partial charge in [-0.05, 0) is 44.2 Å². The second-order valence-electron chi connectivity index (χ2n) is 7.79. The molecule has 5 nitrogen and oxygen atoms in total. The van der Waals surface area contributed by atoms with E-state index in [1.165, 1.54) is 12.1 Å². The van der Waals surface area contributed by atoms with Crippen LogP contribution in [-0.2, 0) is 10.9 Å². The van der Waals surface area contributed by atoms with Gasteiger partial charge in [-0.3, -0.25) is 4.90 Å². The van der Waals surface area contributed by atoms with Gasteiger partial charge in [0.25, 0.3) is 0 Å². The van der Waals surface area contributed by atoms with Gasteiger partial charge in [-0.25, -0.2) is 9.38 Å². The molecule has 4 rings (SSSR count). The zero-order valence-corrected chi connectivity index (χ0v) is 18.1. The molecular formula is C21H24F4N4OS. The van der Waals surface area contributed by atoms with Crippen LogP contribution < -0.4 is 5.32 Å². The molecule has 2 aliphatic heterocycles. The molecule has 1 fully saturated rings. The number of likely N-dealkylation sites (N-methyl/N-ethyl adjacent to an activating group) is 1. The molecule has 3 heterocycles. The van der Waals surface area contributed by atoms with Crippen LogP contribution in [0.4, 0.5) is 33.9 Å². The van der Waals surface area contributed by atoms with Crippen LogP contribution in [-0.4, -0.2) is 62.1 Å². The van der Waals surface area contributed by atoms with Crippen LogP contribution in [0, 0.1) is 5.82 Å². The van der Waals surface area contributed by atoms with Gasteiger partial charge in [0.15, 0.2) is 0 Å². The molecule has 10 heteroatoms. The Bertz CT molecular complexity index is 975. The number of amidine groups is 1. The van der Waals surface area contributed by atoms with Crippen LogP contribution in [0.25, 0.3) is 0 Å². The van der Waals surface area contributed by atoms with Gasteiger partial charge in [0.1, 0.15) is 21.5 Å². The number of hydrogen-bond donors (Lipinski definition) is 1. The number of hydrogen-bond acceptors (Lipinski definition) is 6. The summed E-state index contributed by atoms with van der Waals surface area (Å²) in [7, 11) is 3.72. The van der Waals surface area contributed by atoms with Gasteiger partial charge in [0.2, 0.25) is 0 Å². The summed E-state index contributed by atoms with van der Waals surface area (Å²) in [6.07, 6.45) is -2.64. The number of piperazine rings is 1. The fraction of sp³-hybridized carbons (Fsp3) is 0.476. The smallest absolute Gasteiger partial charge is 0.385 e. The maximum absolute atomic E-state index is 13.8. The number of rotatable bonds is 4. The van der Waals surface area contributed by atoms with E-state index < -0.39 is 16.9 Å². The van der Waals surface area contributed by atoms with Crippen LogP contribution in [0.1, 0.15) is 23.3 Å². The third-order valence-electron chi connectivity index (χ3n) is 5.65. The number of benzene rings is 1. The van der Waals surface area contributed by atoms with E-state index in [-0.39, 0.29) is 6.04 Å². The maximum atomic E-state index is 13.8. The zero-order valence-electron chi connectivity index (χ0n) is 17.3. The van der Waals surface area contributed by atoms with E-state index in [2.05, 4.69) is 17.3 Å². The molecule has 1 aromatic carbocycles. The Morgan fingerprint density at radius 3 is 2.81 bits per heavy atom. The summed E-state index contributed by atoms with van der Waals surface area (Å²) >= 11 is 0.618. The number of ether oxygens (including phenoxy) is 1. The Balaban J connectivity index is 1.72. The normalized spacial score (nSPS) is 19.4. The number of alkyl halides is 3. The van der Waals surface area contributed by atoms with E-state index in [9.17, 15) is 17.6 Å². The molecule has 31 heavy (non-hydrogen) atoms. The number of anilines is 2. The summed E-state index contributed by atoms with van der Waals surface area (Å²) in [5.41, 5.74) is 1.26. The molecule has 0 spiro atoms. The predicted octanol–water partition coefficient (Wildman–Crippen LogP) is 5.08. The standard InChI is InChI=1S/C21H24F4N4OS/c1-28-7-8-29(12-14(28)4-3-9-30-2)19-15-11-18(21(23,24)25)31-20(15)27-17-10-13(22)5-6-16(17)26-19/h5-6,10-11,14,27H,3-4,7-9,12H2,1-2H3/t14-/m0/s1. The lowest BCUT2D eigenvalue weighted by molar-refractivity contribution is -0.134. The van der Waals surface area contributed by atoms with Gasteiger partial charge in [-0.1, -0.05) is 0 Å². The van der Waals surface area contributed by atoms with Crippen LogP contribution in [0.15, 0.2) is 29.3 Å². The topological polar surface area (TPSA) is 40.1 Å². The van der Waals surface area contributed by atoms with E-state index in [4.69, 9.17) is 9.73 Å². The second kappa shape index (κ2) is 8.76. The molecule has 0 radical (unpaired) electrons. The highest BCUT2D eigenvalue weighted by molar-refractivity contribution is 7.16. The van der Waals surface area contributed by atoms with Gasteiger partial charge in [-0.2, -0.15) is 13.2 Å². The number of fused-ring (bicyclic) bond motifs is 2. The third kappa shape index (κ3) is 4.70. The van der Waals surface area contributed by atoms with E-state index in [0.717, 1.165) is 25.5 Å². The first-order chi connectivity index (χ1) is 14.8. The van der Waals surface area contributed by atoms with E-state index in [0.29, 0.717) is 58.8 Å². The minimum absolute atomic E-state index is 0.236. The van der Waals surface area contributed by atoms with Crippen molar-refractivity contribution in [3.63, 3.8) is 0 Å². The Kier molecular flexibility index (Phi) is 6.23. The van der Waals surface area contributed by atoms with Crippen LogP contribution in [0.2, 0.25) is 0 Å². The minimum Gasteiger partial charge on any atom is -0.385 e. The van der Waals surface area contributed by atoms with Crippen molar-refractivity contribution in [1.29, 1.82) is 0 Å². The van der Waals surface area contributed by atoms with Crippen LogP contribution >= 0.6 is 11.3 Å². The first kappa shape index (κ1) is 22.0. The first-order valence-corrected chi connectivity index (χ1v) is 10.9. The molecule has 2 aromatic rings. The summed E-state index contributed by atoms with van der Waals surface area (Å²) in [6.45, 7) is 2.72. The highest BCUT2D eigenvalue weighted by Gasteiger charge is 2.37. The predicted molar refractivity (Wildman–Crippen MR) is 114 cm³/mol. The third-order valence-corrected chi connectivity index (χ3v) is 6.74. The van der Waals surface area contributed by atoms with Crippen molar-refractivity contribution < 1.29 is 22.3 Å². The highest BCUT2D eigenvalue weighted by Crippen LogP contribution is 2.44. The van der Waals surface area contributed by atoms with Crippen molar-refractivity contribution in [2.24, 2.45) is 4.99 Å². The molecule has 0 aliphatic carbocycles. The van der Waals surface area contributed by atoms with Gasteiger partial charge in [0, 0.05) is 39.4 Å². The van der Waals surface area contributed by atoms with Crippen LogP contribution in [0.3, 0.4) is 0 Å². The Morgan fingerprint density at radius 1 is 1.26 bits per heavy atom. The average Bonchev–Trinajstić information content (AvgIpc) is 3.07. The van der Waals surface area contributed by atoms with Crippen molar-refractivity contribution in [1.82, 2.24) is 9.80 Å². The van der Waals surface area contributed by atoms with Crippen molar-refractivity contribution >= 4 is 33.5 Å². The average molecular weight is 457 g/mol. The number of thiophene rings is 1. The summed E-state index contributed by atoms with van der Waals surface area (Å²) < 4.78 is 59.3. The lowest BCUT2D eigenvalue weighted by atomic mass is 10.1. The Morgan fingerprint density at radius 2 is 2.06 bits per heavy atom. The fourth-order valence-electron chi connectivity index (χ4n) is 3.95. The monoisotopic (exact) mass is 456 g/mol. The summed E-state index contributed by atoms with van der Waals surface area (Å²) in [5, 5.41) is 3.30. The van der Waals surface area contributed by atoms with Gasteiger partial charge >= 0.3 is 6.18 Å². The minimum atomic E-state index is -4.46. The van der Waals surface area contributed by atoms with Crippen molar-refractivity contribution in [3.05, 3.63) is 40.5 Å². The van der Waals surface area contributed by atoms with Crippen molar-refractivity contribution in [2.45, 2.75) is 25.1 Å². The number of halogens is 4. The number of nitrogens with one attached hydrogen (secondary N) is 1. The lowest BCUT2D eigenvalue weighted by Gasteiger charge is -2.41. The molecule has 0 bridgehead atoms. The molecule has 1 aromatic heterocycles. The largest absolute Gasteiger partial charge is 0.425 e. The molecule has 0 unspecified atom stereocenters. The maximum Gasteiger partial charge on any atom is 0.425 e. The SMILES string of the molecule is COCCC[C@H]1CN(C2=Nc3ccc(F)cc3Nc3sc(C(F)(F)F)cc32)CCN1C. The molecule has 1 atom stereocenters. The highest BCUT2D eigenvalue weighted by atomic mass is 32.1.